The van der Waals surface area contributed by atoms with Gasteiger partial charge in [-0.1, -0.05) is 26.0 Å². The van der Waals surface area contributed by atoms with Gasteiger partial charge < -0.3 is 24.4 Å². The lowest BCUT2D eigenvalue weighted by Gasteiger charge is -2.27. The quantitative estimate of drug-likeness (QED) is 0.234. The predicted octanol–water partition coefficient (Wildman–Crippen LogP) is 5.41. The van der Waals surface area contributed by atoms with Crippen LogP contribution in [0, 0.1) is 0 Å². The minimum atomic E-state index is -0.684. The first kappa shape index (κ1) is 28.3. The Hall–Kier alpha value is -3.32. The Kier molecular flexibility index (Phi) is 9.75. The van der Waals surface area contributed by atoms with E-state index in [-0.39, 0.29) is 23.5 Å². The van der Waals surface area contributed by atoms with E-state index in [1.54, 1.807) is 29.2 Å². The molecule has 200 valence electrons. The number of benzene rings is 2. The van der Waals surface area contributed by atoms with Crippen molar-refractivity contribution in [2.24, 2.45) is 0 Å². The van der Waals surface area contributed by atoms with Crippen LogP contribution in [-0.2, 0) is 9.59 Å². The van der Waals surface area contributed by atoms with Crippen LogP contribution in [-0.4, -0.2) is 65.0 Å². The van der Waals surface area contributed by atoms with Crippen molar-refractivity contribution in [3.63, 3.8) is 0 Å². The van der Waals surface area contributed by atoms with Gasteiger partial charge in [-0.25, -0.2) is 0 Å². The molecule has 0 unspecified atom stereocenters. The highest BCUT2D eigenvalue weighted by atomic mass is 16.5. The van der Waals surface area contributed by atoms with E-state index in [4.69, 9.17) is 9.47 Å². The fourth-order valence-corrected chi connectivity index (χ4v) is 4.58. The lowest BCUT2D eigenvalue weighted by molar-refractivity contribution is -0.140. The molecule has 1 saturated heterocycles. The number of aliphatic hydroxyl groups excluding tert-OH is 1. The van der Waals surface area contributed by atoms with Crippen molar-refractivity contribution in [2.45, 2.75) is 66.2 Å². The summed E-state index contributed by atoms with van der Waals surface area (Å²) >= 11 is 0. The zero-order chi connectivity index (χ0) is 27.1. The maximum Gasteiger partial charge on any atom is 0.295 e. The molecule has 0 aliphatic carbocycles. The third kappa shape index (κ3) is 6.92. The molecular weight excluding hydrogens is 468 g/mol. The summed E-state index contributed by atoms with van der Waals surface area (Å²) in [7, 11) is 0. The van der Waals surface area contributed by atoms with Crippen LogP contribution in [0.15, 0.2) is 54.1 Å². The maximum absolute atomic E-state index is 13.3. The zero-order valence-corrected chi connectivity index (χ0v) is 22.9. The molecule has 1 heterocycles. The third-order valence-corrected chi connectivity index (χ3v) is 6.37. The second-order valence-electron chi connectivity index (χ2n) is 9.80. The summed E-state index contributed by atoms with van der Waals surface area (Å²) in [5, 5.41) is 11.3. The Morgan fingerprint density at radius 2 is 1.41 bits per heavy atom. The van der Waals surface area contributed by atoms with Gasteiger partial charge in [0.1, 0.15) is 17.3 Å². The number of carbonyl (C=O) groups excluding carboxylic acids is 2. The molecule has 0 bridgehead atoms. The molecule has 1 N–H and O–H groups in total. The summed E-state index contributed by atoms with van der Waals surface area (Å²) in [5.74, 6) is -0.0735. The molecule has 0 spiro atoms. The van der Waals surface area contributed by atoms with Gasteiger partial charge >= 0.3 is 0 Å². The number of amides is 1. The number of rotatable bonds is 12. The summed E-state index contributed by atoms with van der Waals surface area (Å²) in [6.45, 7) is 15.1. The van der Waals surface area contributed by atoms with E-state index in [9.17, 15) is 14.7 Å². The van der Waals surface area contributed by atoms with Crippen molar-refractivity contribution in [3.05, 3.63) is 65.2 Å². The minimum absolute atomic E-state index is 0.0174. The summed E-state index contributed by atoms with van der Waals surface area (Å²) < 4.78 is 11.5. The number of ether oxygens (including phenoxy) is 2. The Morgan fingerprint density at radius 3 is 1.89 bits per heavy atom. The van der Waals surface area contributed by atoms with Gasteiger partial charge in [-0.3, -0.25) is 9.59 Å². The van der Waals surface area contributed by atoms with Crippen molar-refractivity contribution in [1.29, 1.82) is 0 Å². The van der Waals surface area contributed by atoms with Crippen molar-refractivity contribution in [1.82, 2.24) is 9.80 Å². The number of ketones is 1. The van der Waals surface area contributed by atoms with Gasteiger partial charge in [0.15, 0.2) is 0 Å². The van der Waals surface area contributed by atoms with Crippen LogP contribution < -0.4 is 9.47 Å². The van der Waals surface area contributed by atoms with E-state index < -0.39 is 17.7 Å². The molecule has 1 fully saturated rings. The molecule has 1 aliphatic rings. The van der Waals surface area contributed by atoms with E-state index in [0.717, 1.165) is 31.6 Å². The van der Waals surface area contributed by atoms with E-state index >= 15 is 0 Å². The Bertz CT molecular complexity index is 1090. The fourth-order valence-electron chi connectivity index (χ4n) is 4.58. The highest BCUT2D eigenvalue weighted by Gasteiger charge is 2.45. The van der Waals surface area contributed by atoms with Gasteiger partial charge in [0.2, 0.25) is 0 Å². The largest absolute Gasteiger partial charge is 0.507 e. The first-order valence-electron chi connectivity index (χ1n) is 13.2. The molecule has 0 saturated carbocycles. The SMILES string of the molecule is CCN(CC)CCCN1C(=O)C(=O)/C(=C(/O)c2ccc(OC(C)C)cc2)[C@H]1c1ccc(OC(C)C)cc1. The molecule has 2 aromatic rings. The standard InChI is InChI=1S/C30H40N2O5/c1-7-31(8-2)18-9-19-32-27(22-10-14-24(15-11-22)36-20(3)4)26(29(34)30(32)35)28(33)23-12-16-25(17-13-23)37-21(5)6/h10-17,20-21,27,33H,7-9,18-19H2,1-6H3/b28-26+/t27-/m1/s1. The average molecular weight is 509 g/mol. The topological polar surface area (TPSA) is 79.3 Å². The van der Waals surface area contributed by atoms with Crippen LogP contribution in [0.3, 0.4) is 0 Å². The number of aliphatic hydroxyl groups is 1. The molecule has 37 heavy (non-hydrogen) atoms. The van der Waals surface area contributed by atoms with Crippen molar-refractivity contribution >= 4 is 17.4 Å². The highest BCUT2D eigenvalue weighted by molar-refractivity contribution is 6.46. The number of likely N-dealkylation sites (tertiary alicyclic amines) is 1. The number of hydrogen-bond acceptors (Lipinski definition) is 6. The van der Waals surface area contributed by atoms with Crippen LogP contribution in [0.2, 0.25) is 0 Å². The predicted molar refractivity (Wildman–Crippen MR) is 146 cm³/mol. The normalized spacial score (nSPS) is 17.3. The van der Waals surface area contributed by atoms with Crippen molar-refractivity contribution < 1.29 is 24.2 Å². The third-order valence-electron chi connectivity index (χ3n) is 6.37. The molecule has 7 heteroatoms. The number of carbonyl (C=O) groups is 2. The lowest BCUT2D eigenvalue weighted by Crippen LogP contribution is -2.33. The second kappa shape index (κ2) is 12.8. The van der Waals surface area contributed by atoms with Crippen LogP contribution >= 0.6 is 0 Å². The summed E-state index contributed by atoms with van der Waals surface area (Å²) in [6, 6.07) is 13.6. The molecular formula is C30H40N2O5. The Labute approximate surface area is 220 Å². The van der Waals surface area contributed by atoms with E-state index in [0.29, 0.717) is 23.6 Å². The van der Waals surface area contributed by atoms with E-state index in [1.165, 1.54) is 0 Å². The van der Waals surface area contributed by atoms with Crippen molar-refractivity contribution in [3.8, 4) is 11.5 Å². The van der Waals surface area contributed by atoms with Crippen molar-refractivity contribution in [2.75, 3.05) is 26.2 Å². The molecule has 7 nitrogen and oxygen atoms in total. The molecule has 3 rings (SSSR count). The van der Waals surface area contributed by atoms with Crippen LogP contribution in [0.1, 0.15) is 65.1 Å². The maximum atomic E-state index is 13.3. The minimum Gasteiger partial charge on any atom is -0.507 e. The molecule has 1 aliphatic heterocycles. The molecule has 0 radical (unpaired) electrons. The van der Waals surface area contributed by atoms with Gasteiger partial charge in [0.05, 0.1) is 23.8 Å². The second-order valence-corrected chi connectivity index (χ2v) is 9.80. The van der Waals surface area contributed by atoms with Crippen LogP contribution in [0.25, 0.3) is 5.76 Å². The van der Waals surface area contributed by atoms with Gasteiger partial charge in [-0.15, -0.1) is 0 Å². The van der Waals surface area contributed by atoms with Gasteiger partial charge in [0.25, 0.3) is 11.7 Å². The number of nitrogens with zero attached hydrogens (tertiary/aromatic N) is 2. The first-order valence-corrected chi connectivity index (χ1v) is 13.2. The molecule has 0 aromatic heterocycles. The number of hydrogen-bond donors (Lipinski definition) is 1. The molecule has 1 atom stereocenters. The van der Waals surface area contributed by atoms with Crippen LogP contribution in [0.4, 0.5) is 0 Å². The zero-order valence-electron chi connectivity index (χ0n) is 22.9. The van der Waals surface area contributed by atoms with E-state index in [1.807, 2.05) is 52.0 Å². The molecule has 1 amide bonds. The van der Waals surface area contributed by atoms with E-state index in [2.05, 4.69) is 18.7 Å². The fraction of sp³-hybridized carbons (Fsp3) is 0.467. The summed E-state index contributed by atoms with van der Waals surface area (Å²) in [4.78, 5) is 30.4. The summed E-state index contributed by atoms with van der Waals surface area (Å²) in [6.07, 6.45) is 0.768. The van der Waals surface area contributed by atoms with Gasteiger partial charge in [0, 0.05) is 12.1 Å². The monoisotopic (exact) mass is 508 g/mol. The lowest BCUT2D eigenvalue weighted by atomic mass is 9.95. The van der Waals surface area contributed by atoms with Gasteiger partial charge in [-0.2, -0.15) is 0 Å². The Balaban J connectivity index is 2.00. The first-order chi connectivity index (χ1) is 17.7. The molecule has 2 aromatic carbocycles. The smallest absolute Gasteiger partial charge is 0.295 e. The highest BCUT2D eigenvalue weighted by Crippen LogP contribution is 2.40. The van der Waals surface area contributed by atoms with Gasteiger partial charge in [-0.05, 0) is 95.7 Å². The average Bonchev–Trinajstić information content (AvgIpc) is 3.11. The number of Topliss-reactive ketones (excluding diaryl/α,β-unsaturated/α-hetero) is 1. The Morgan fingerprint density at radius 1 is 0.892 bits per heavy atom. The van der Waals surface area contributed by atoms with Crippen LogP contribution in [0.5, 0.6) is 11.5 Å². The summed E-state index contributed by atoms with van der Waals surface area (Å²) in [5.41, 5.74) is 1.31.